The average molecular weight is 279 g/mol. The number of nitrogens with zero attached hydrogens (tertiary/aromatic N) is 1. The number of carbonyl (C=O) groups excluding carboxylic acids is 1. The fourth-order valence-electron chi connectivity index (χ4n) is 2.52. The second-order valence-corrected chi connectivity index (χ2v) is 5.11. The lowest BCUT2D eigenvalue weighted by Gasteiger charge is -2.32. The number of ketones is 1. The molecule has 0 radical (unpaired) electrons. The quantitative estimate of drug-likeness (QED) is 0.886. The van der Waals surface area contributed by atoms with Crippen molar-refractivity contribution in [1.82, 2.24) is 4.90 Å². The fourth-order valence-corrected chi connectivity index (χ4v) is 2.52. The molecule has 0 aromatic heterocycles. The van der Waals surface area contributed by atoms with Gasteiger partial charge < -0.3 is 14.6 Å². The van der Waals surface area contributed by atoms with Crippen molar-refractivity contribution in [2.24, 2.45) is 0 Å². The molecule has 2 rings (SSSR count). The van der Waals surface area contributed by atoms with Gasteiger partial charge in [-0.25, -0.2) is 0 Å². The first-order valence-corrected chi connectivity index (χ1v) is 6.69. The molecule has 0 spiro atoms. The number of benzene rings is 1. The van der Waals surface area contributed by atoms with Gasteiger partial charge in [-0.15, -0.1) is 0 Å². The van der Waals surface area contributed by atoms with Crippen molar-refractivity contribution in [1.29, 1.82) is 0 Å². The topological polar surface area (TPSA) is 59.0 Å². The van der Waals surface area contributed by atoms with Crippen molar-refractivity contribution < 1.29 is 19.4 Å². The summed E-state index contributed by atoms with van der Waals surface area (Å²) in [5.41, 5.74) is 1.90. The molecule has 0 saturated heterocycles. The first-order valence-electron chi connectivity index (χ1n) is 6.69. The first kappa shape index (κ1) is 14.8. The number of ether oxygens (including phenoxy) is 2. The van der Waals surface area contributed by atoms with Gasteiger partial charge in [-0.2, -0.15) is 0 Å². The van der Waals surface area contributed by atoms with E-state index in [9.17, 15) is 9.90 Å². The Hall–Kier alpha value is -1.59. The predicted octanol–water partition coefficient (Wildman–Crippen LogP) is 1.53. The maximum atomic E-state index is 11.1. The van der Waals surface area contributed by atoms with Crippen LogP contribution in [0, 0.1) is 0 Å². The molecule has 5 heteroatoms. The number of fused-ring (bicyclic) bond motifs is 1. The molecule has 20 heavy (non-hydrogen) atoms. The molecule has 1 atom stereocenters. The molecule has 1 aliphatic heterocycles. The average Bonchev–Trinajstić information content (AvgIpc) is 2.43. The van der Waals surface area contributed by atoms with Crippen LogP contribution in [0.5, 0.6) is 11.5 Å². The highest BCUT2D eigenvalue weighted by atomic mass is 16.5. The van der Waals surface area contributed by atoms with Crippen molar-refractivity contribution in [3.63, 3.8) is 0 Å². The summed E-state index contributed by atoms with van der Waals surface area (Å²) in [7, 11) is 3.18. The van der Waals surface area contributed by atoms with E-state index in [4.69, 9.17) is 9.47 Å². The highest BCUT2D eigenvalue weighted by Gasteiger charge is 2.25. The molecule has 1 N–H and O–H groups in total. The summed E-state index contributed by atoms with van der Waals surface area (Å²) in [4.78, 5) is 13.2. The third kappa shape index (κ3) is 3.11. The van der Waals surface area contributed by atoms with Crippen molar-refractivity contribution >= 4 is 5.78 Å². The molecule has 0 amide bonds. The van der Waals surface area contributed by atoms with Crippen LogP contribution in [0.25, 0.3) is 0 Å². The van der Waals surface area contributed by atoms with E-state index in [1.165, 1.54) is 0 Å². The molecule has 0 unspecified atom stereocenters. The SMILES string of the molecule is COc1cc2c(cc1OC)[C@@H](O)CN(CCC(C)=O)C2. The van der Waals surface area contributed by atoms with Crippen LogP contribution in [0.3, 0.4) is 0 Å². The van der Waals surface area contributed by atoms with Gasteiger partial charge in [0.25, 0.3) is 0 Å². The minimum atomic E-state index is -0.564. The molecule has 1 heterocycles. The Kier molecular flexibility index (Phi) is 4.62. The number of carbonyl (C=O) groups is 1. The van der Waals surface area contributed by atoms with E-state index < -0.39 is 6.10 Å². The van der Waals surface area contributed by atoms with Crippen LogP contribution in [0.2, 0.25) is 0 Å². The van der Waals surface area contributed by atoms with E-state index in [-0.39, 0.29) is 5.78 Å². The van der Waals surface area contributed by atoms with Crippen LogP contribution in [-0.4, -0.2) is 43.1 Å². The van der Waals surface area contributed by atoms with Crippen molar-refractivity contribution in [3.8, 4) is 11.5 Å². The Labute approximate surface area is 119 Å². The number of methoxy groups -OCH3 is 2. The van der Waals surface area contributed by atoms with Gasteiger partial charge in [0.05, 0.1) is 20.3 Å². The summed E-state index contributed by atoms with van der Waals surface area (Å²) in [6, 6.07) is 3.73. The summed E-state index contributed by atoms with van der Waals surface area (Å²) >= 11 is 0. The second-order valence-electron chi connectivity index (χ2n) is 5.11. The van der Waals surface area contributed by atoms with Crippen LogP contribution in [0.15, 0.2) is 12.1 Å². The lowest BCUT2D eigenvalue weighted by atomic mass is 9.96. The smallest absolute Gasteiger partial charge is 0.161 e. The first-order chi connectivity index (χ1) is 9.55. The number of aliphatic hydroxyl groups excluding tert-OH is 1. The maximum absolute atomic E-state index is 11.1. The van der Waals surface area contributed by atoms with Crippen LogP contribution >= 0.6 is 0 Å². The molecule has 1 aromatic carbocycles. The number of hydrogen-bond donors (Lipinski definition) is 1. The lowest BCUT2D eigenvalue weighted by molar-refractivity contribution is -0.117. The van der Waals surface area contributed by atoms with E-state index in [0.717, 1.165) is 11.1 Å². The van der Waals surface area contributed by atoms with E-state index in [1.807, 2.05) is 12.1 Å². The number of hydrogen-bond acceptors (Lipinski definition) is 5. The summed E-state index contributed by atoms with van der Waals surface area (Å²) in [6.07, 6.45) is -0.0551. The third-order valence-electron chi connectivity index (χ3n) is 3.61. The van der Waals surface area contributed by atoms with Gasteiger partial charge in [0.2, 0.25) is 0 Å². The van der Waals surface area contributed by atoms with E-state index in [1.54, 1.807) is 21.1 Å². The van der Waals surface area contributed by atoms with Gasteiger partial charge in [-0.3, -0.25) is 9.69 Å². The molecule has 0 fully saturated rings. The zero-order valence-corrected chi connectivity index (χ0v) is 12.2. The largest absolute Gasteiger partial charge is 0.493 e. The molecule has 0 saturated carbocycles. The zero-order valence-electron chi connectivity index (χ0n) is 12.2. The molecule has 5 nitrogen and oxygen atoms in total. The Balaban J connectivity index is 2.23. The normalized spacial score (nSPS) is 18.5. The molecule has 0 bridgehead atoms. The standard InChI is InChI=1S/C15H21NO4/c1-10(17)4-5-16-8-11-6-14(19-2)15(20-3)7-12(11)13(18)9-16/h6-7,13,18H,4-5,8-9H2,1-3H3/t13-/m0/s1. The molecular formula is C15H21NO4. The highest BCUT2D eigenvalue weighted by molar-refractivity contribution is 5.75. The van der Waals surface area contributed by atoms with Crippen molar-refractivity contribution in [2.75, 3.05) is 27.3 Å². The predicted molar refractivity (Wildman–Crippen MR) is 75.1 cm³/mol. The molecule has 1 aromatic rings. The Morgan fingerprint density at radius 2 is 2.00 bits per heavy atom. The van der Waals surface area contributed by atoms with Crippen LogP contribution < -0.4 is 9.47 Å². The van der Waals surface area contributed by atoms with Gasteiger partial charge in [0.1, 0.15) is 5.78 Å². The highest BCUT2D eigenvalue weighted by Crippen LogP contribution is 2.36. The van der Waals surface area contributed by atoms with Crippen molar-refractivity contribution in [3.05, 3.63) is 23.3 Å². The second kappa shape index (κ2) is 6.24. The Morgan fingerprint density at radius 3 is 2.60 bits per heavy atom. The van der Waals surface area contributed by atoms with Gasteiger partial charge in [-0.1, -0.05) is 0 Å². The van der Waals surface area contributed by atoms with Gasteiger partial charge >= 0.3 is 0 Å². The fraction of sp³-hybridized carbons (Fsp3) is 0.533. The third-order valence-corrected chi connectivity index (χ3v) is 3.61. The molecular weight excluding hydrogens is 258 g/mol. The van der Waals surface area contributed by atoms with E-state index in [0.29, 0.717) is 37.6 Å². The van der Waals surface area contributed by atoms with Gasteiger partial charge in [0, 0.05) is 26.1 Å². The van der Waals surface area contributed by atoms with Gasteiger partial charge in [-0.05, 0) is 30.2 Å². The lowest BCUT2D eigenvalue weighted by Crippen LogP contribution is -2.35. The van der Waals surface area contributed by atoms with Crippen LogP contribution in [-0.2, 0) is 11.3 Å². The number of aliphatic hydroxyl groups is 1. The molecule has 1 aliphatic rings. The zero-order chi connectivity index (χ0) is 14.7. The summed E-state index contributed by atoms with van der Waals surface area (Å²) in [5, 5.41) is 10.3. The van der Waals surface area contributed by atoms with E-state index >= 15 is 0 Å². The summed E-state index contributed by atoms with van der Waals surface area (Å²) < 4.78 is 10.6. The van der Waals surface area contributed by atoms with Gasteiger partial charge in [0.15, 0.2) is 11.5 Å². The Morgan fingerprint density at radius 1 is 1.35 bits per heavy atom. The summed E-state index contributed by atoms with van der Waals surface area (Å²) in [5.74, 6) is 1.45. The molecule has 0 aliphatic carbocycles. The summed E-state index contributed by atoms with van der Waals surface area (Å²) in [6.45, 7) is 3.50. The van der Waals surface area contributed by atoms with Crippen LogP contribution in [0.1, 0.15) is 30.6 Å². The number of Topliss-reactive ketones (excluding diaryl/α,β-unsaturated/α-hetero) is 1. The van der Waals surface area contributed by atoms with E-state index in [2.05, 4.69) is 4.90 Å². The minimum absolute atomic E-state index is 0.164. The number of β-amino-alcohol motifs (C(OH)–C–C–N with tert-alkyl or cyclic N) is 1. The maximum Gasteiger partial charge on any atom is 0.161 e. The molecule has 110 valence electrons. The van der Waals surface area contributed by atoms with Crippen LogP contribution in [0.4, 0.5) is 0 Å². The Bertz CT molecular complexity index is 501. The van der Waals surface area contributed by atoms with Crippen molar-refractivity contribution in [2.45, 2.75) is 26.0 Å². The minimum Gasteiger partial charge on any atom is -0.493 e. The number of rotatable bonds is 5. The monoisotopic (exact) mass is 279 g/mol.